The summed E-state index contributed by atoms with van der Waals surface area (Å²) in [6, 6.07) is -1.51. The number of aliphatic carboxylic acids is 1. The van der Waals surface area contributed by atoms with E-state index in [4.69, 9.17) is 21.3 Å². The molecule has 2 atom stereocenters. The predicted octanol–water partition coefficient (Wildman–Crippen LogP) is 4.31. The van der Waals surface area contributed by atoms with Crippen LogP contribution in [-0.4, -0.2) is 47.2 Å². The molecule has 0 aliphatic rings. The van der Waals surface area contributed by atoms with Gasteiger partial charge in [-0.05, 0) is 45.4 Å². The molecular formula is C23H46N3O5-. The number of carboxylic acid groups (broad SMARTS) is 1. The van der Waals surface area contributed by atoms with Crippen LogP contribution in [0.1, 0.15) is 93.4 Å². The number of carbonyl (C=O) groups is 3. The summed E-state index contributed by atoms with van der Waals surface area (Å²) in [5.41, 5.74) is 12.3. The van der Waals surface area contributed by atoms with Gasteiger partial charge in [0, 0.05) is 6.42 Å². The predicted molar refractivity (Wildman–Crippen MR) is 125 cm³/mol. The van der Waals surface area contributed by atoms with Crippen molar-refractivity contribution in [3.8, 4) is 0 Å². The number of esters is 1. The zero-order chi connectivity index (χ0) is 24.6. The Morgan fingerprint density at radius 1 is 1.00 bits per heavy atom. The molecular weight excluding hydrogens is 398 g/mol. The minimum Gasteiger partial charge on any atom is -0.677 e. The van der Waals surface area contributed by atoms with Crippen LogP contribution >= 0.6 is 0 Å². The van der Waals surface area contributed by atoms with Gasteiger partial charge in [-0.1, -0.05) is 53.4 Å². The minimum atomic E-state index is -1.03. The molecule has 0 bridgehead atoms. The molecule has 0 saturated carbocycles. The molecule has 184 valence electrons. The molecule has 0 aromatic heterocycles. The van der Waals surface area contributed by atoms with Crippen LogP contribution in [0, 0.1) is 11.8 Å². The maximum Gasteiger partial charge on any atom is 0.326 e. The number of ether oxygens (including phenoxy) is 1. The summed E-state index contributed by atoms with van der Waals surface area (Å²) in [7, 11) is 0. The first-order valence-electron chi connectivity index (χ1n) is 11.4. The Morgan fingerprint density at radius 2 is 1.52 bits per heavy atom. The van der Waals surface area contributed by atoms with E-state index in [0.29, 0.717) is 25.3 Å². The van der Waals surface area contributed by atoms with Gasteiger partial charge in [0.2, 0.25) is 5.91 Å². The van der Waals surface area contributed by atoms with Gasteiger partial charge in [0.25, 0.3) is 0 Å². The van der Waals surface area contributed by atoms with Gasteiger partial charge in [-0.15, -0.1) is 0 Å². The van der Waals surface area contributed by atoms with Gasteiger partial charge in [0.15, 0.2) is 0 Å². The summed E-state index contributed by atoms with van der Waals surface area (Å²) >= 11 is 0. The number of unbranched alkanes of at least 4 members (excludes halogenated alkanes) is 4. The van der Waals surface area contributed by atoms with Crippen LogP contribution in [0.5, 0.6) is 0 Å². The molecule has 0 unspecified atom stereocenters. The molecule has 0 rings (SSSR count). The van der Waals surface area contributed by atoms with Crippen LogP contribution < -0.4 is 11.1 Å². The van der Waals surface area contributed by atoms with Crippen molar-refractivity contribution in [3.63, 3.8) is 0 Å². The van der Waals surface area contributed by atoms with E-state index in [2.05, 4.69) is 5.32 Å². The van der Waals surface area contributed by atoms with E-state index in [9.17, 15) is 14.4 Å². The summed E-state index contributed by atoms with van der Waals surface area (Å²) in [6.45, 7) is 13.6. The van der Waals surface area contributed by atoms with Gasteiger partial charge in [0.1, 0.15) is 11.6 Å². The lowest BCUT2D eigenvalue weighted by atomic mass is 10.0. The second kappa shape index (κ2) is 17.0. The standard InChI is InChI=1S/C12H24NO2.C11H22N2O3/c1-12(2,3)15-11(14)9-7-5-4-6-8-10-13;1-6(2)5-8(12)10(14)13-9(7(3)4)11(15)16/h13H,4-10H2,1-3H3;6-9H,5,12H2,1-4H3,(H,13,14)(H,15,16)/q-1;/t;8-,9-/m.0/s1. The highest BCUT2D eigenvalue weighted by atomic mass is 16.6. The maximum absolute atomic E-state index is 11.6. The fourth-order valence-corrected chi connectivity index (χ4v) is 2.71. The van der Waals surface area contributed by atoms with E-state index in [1.165, 1.54) is 0 Å². The van der Waals surface area contributed by atoms with Gasteiger partial charge >= 0.3 is 11.9 Å². The van der Waals surface area contributed by atoms with Crippen molar-refractivity contribution < 1.29 is 24.2 Å². The largest absolute Gasteiger partial charge is 0.677 e. The van der Waals surface area contributed by atoms with Gasteiger partial charge in [-0.25, -0.2) is 4.79 Å². The lowest BCUT2D eigenvalue weighted by molar-refractivity contribution is -0.155. The van der Waals surface area contributed by atoms with Crippen molar-refractivity contribution >= 4 is 17.8 Å². The van der Waals surface area contributed by atoms with Crippen molar-refractivity contribution in [2.45, 2.75) is 111 Å². The Kier molecular flexibility index (Phi) is 17.2. The lowest BCUT2D eigenvalue weighted by Crippen LogP contribution is -2.50. The minimum absolute atomic E-state index is 0.0945. The number of carbonyl (C=O) groups excluding carboxylic acids is 2. The molecule has 0 heterocycles. The van der Waals surface area contributed by atoms with Crippen LogP contribution in [0.15, 0.2) is 0 Å². The maximum atomic E-state index is 11.6. The summed E-state index contributed by atoms with van der Waals surface area (Å²) in [5, 5.41) is 11.4. The first kappa shape index (κ1) is 31.5. The molecule has 1 amide bonds. The average Bonchev–Trinajstić information content (AvgIpc) is 2.60. The highest BCUT2D eigenvalue weighted by Gasteiger charge is 2.26. The Balaban J connectivity index is 0. The Hall–Kier alpha value is -1.67. The molecule has 0 spiro atoms. The molecule has 0 aliphatic carbocycles. The SMILES string of the molecule is CC(C)(C)OC(=O)CCCCCCC[NH-].CC(C)C[C@H](N)C(=O)N[C@H](C(=O)O)C(C)C. The van der Waals surface area contributed by atoms with Crippen molar-refractivity contribution in [1.29, 1.82) is 0 Å². The van der Waals surface area contributed by atoms with Crippen LogP contribution in [0.4, 0.5) is 0 Å². The molecule has 0 saturated heterocycles. The van der Waals surface area contributed by atoms with Crippen molar-refractivity contribution in [2.75, 3.05) is 6.54 Å². The van der Waals surface area contributed by atoms with E-state index < -0.39 is 24.0 Å². The number of carboxylic acids is 1. The quantitative estimate of drug-likeness (QED) is 0.285. The van der Waals surface area contributed by atoms with E-state index in [0.717, 1.165) is 32.1 Å². The first-order valence-corrected chi connectivity index (χ1v) is 11.4. The van der Waals surface area contributed by atoms with E-state index in [1.807, 2.05) is 34.6 Å². The molecule has 0 aromatic rings. The Bertz CT molecular complexity index is 516. The molecule has 0 aliphatic heterocycles. The van der Waals surface area contributed by atoms with E-state index in [1.54, 1.807) is 13.8 Å². The summed E-state index contributed by atoms with van der Waals surface area (Å²) in [4.78, 5) is 33.8. The zero-order valence-electron chi connectivity index (χ0n) is 20.6. The van der Waals surface area contributed by atoms with Gasteiger partial charge < -0.3 is 26.6 Å². The Labute approximate surface area is 188 Å². The van der Waals surface area contributed by atoms with Crippen molar-refractivity contribution in [3.05, 3.63) is 5.73 Å². The third-order valence-corrected chi connectivity index (χ3v) is 4.27. The molecule has 8 nitrogen and oxygen atoms in total. The summed E-state index contributed by atoms with van der Waals surface area (Å²) in [5.74, 6) is -1.37. The van der Waals surface area contributed by atoms with Gasteiger partial charge in [0.05, 0.1) is 6.04 Å². The molecule has 31 heavy (non-hydrogen) atoms. The van der Waals surface area contributed by atoms with Gasteiger partial charge in [-0.3, -0.25) is 9.59 Å². The summed E-state index contributed by atoms with van der Waals surface area (Å²) in [6.07, 6.45) is 6.27. The third kappa shape index (κ3) is 20.0. The molecule has 0 fully saturated rings. The van der Waals surface area contributed by atoms with Crippen LogP contribution in [0.2, 0.25) is 0 Å². The topological polar surface area (TPSA) is 143 Å². The van der Waals surface area contributed by atoms with E-state index >= 15 is 0 Å². The smallest absolute Gasteiger partial charge is 0.326 e. The number of rotatable bonds is 13. The molecule has 0 radical (unpaired) electrons. The molecule has 8 heteroatoms. The number of amides is 1. The van der Waals surface area contributed by atoms with Crippen LogP contribution in [-0.2, 0) is 19.1 Å². The average molecular weight is 445 g/mol. The normalized spacial score (nSPS) is 13.3. The highest BCUT2D eigenvalue weighted by molar-refractivity contribution is 5.86. The lowest BCUT2D eigenvalue weighted by Gasteiger charge is -2.21. The van der Waals surface area contributed by atoms with Crippen molar-refractivity contribution in [1.82, 2.24) is 5.32 Å². The Morgan fingerprint density at radius 3 is 1.94 bits per heavy atom. The first-order chi connectivity index (χ1) is 14.2. The van der Waals surface area contributed by atoms with Crippen molar-refractivity contribution in [2.24, 2.45) is 17.6 Å². The molecule has 5 N–H and O–H groups in total. The van der Waals surface area contributed by atoms with Crippen LogP contribution in [0.25, 0.3) is 5.73 Å². The van der Waals surface area contributed by atoms with E-state index in [-0.39, 0.29) is 17.5 Å². The fourth-order valence-electron chi connectivity index (χ4n) is 2.71. The molecule has 0 aromatic carbocycles. The van der Waals surface area contributed by atoms with Gasteiger partial charge in [-0.2, -0.15) is 6.54 Å². The number of hydrogen-bond acceptors (Lipinski definition) is 5. The zero-order valence-corrected chi connectivity index (χ0v) is 20.6. The number of nitrogens with one attached hydrogen (secondary N) is 2. The third-order valence-electron chi connectivity index (χ3n) is 4.27. The number of nitrogens with two attached hydrogens (primary N) is 1. The second-order valence-corrected chi connectivity index (χ2v) is 9.66. The summed E-state index contributed by atoms with van der Waals surface area (Å²) < 4.78 is 5.20. The number of hydrogen-bond donors (Lipinski definition) is 3. The monoisotopic (exact) mass is 444 g/mol. The second-order valence-electron chi connectivity index (χ2n) is 9.66. The van der Waals surface area contributed by atoms with Crippen LogP contribution in [0.3, 0.4) is 0 Å². The fraction of sp³-hybridized carbons (Fsp3) is 0.870. The highest BCUT2D eigenvalue weighted by Crippen LogP contribution is 2.11.